The van der Waals surface area contributed by atoms with Gasteiger partial charge in [0.25, 0.3) is 0 Å². The lowest BCUT2D eigenvalue weighted by molar-refractivity contribution is -0.141. The highest BCUT2D eigenvalue weighted by Gasteiger charge is 2.37. The van der Waals surface area contributed by atoms with Crippen molar-refractivity contribution in [3.05, 3.63) is 65.7 Å². The van der Waals surface area contributed by atoms with Gasteiger partial charge in [0.05, 0.1) is 37.6 Å². The van der Waals surface area contributed by atoms with Crippen molar-refractivity contribution in [3.63, 3.8) is 0 Å². The number of nitrogens with two attached hydrogens (primary N) is 3. The van der Waals surface area contributed by atoms with Crippen LogP contribution < -0.4 is 54.9 Å². The summed E-state index contributed by atoms with van der Waals surface area (Å²) in [7, 11) is 2.18. The second kappa shape index (κ2) is 32.1. The monoisotopic (exact) mass is 1070 g/mol. The predicted molar refractivity (Wildman–Crippen MR) is 278 cm³/mol. The van der Waals surface area contributed by atoms with Crippen molar-refractivity contribution >= 4 is 86.1 Å². The first-order valence-corrected chi connectivity index (χ1v) is 26.8. The fourth-order valence-electron chi connectivity index (χ4n) is 7.65. The average molecular weight is 1070 g/mol. The minimum Gasteiger partial charge on any atom is -0.508 e. The largest absolute Gasteiger partial charge is 0.508 e. The van der Waals surface area contributed by atoms with E-state index in [0.717, 1.165) is 27.2 Å². The minimum absolute atomic E-state index is 0.0455. The van der Waals surface area contributed by atoms with Gasteiger partial charge in [-0.05, 0) is 60.8 Å². The van der Waals surface area contributed by atoms with Crippen LogP contribution in [0.15, 0.2) is 54.6 Å². The third-order valence-corrected chi connectivity index (χ3v) is 14.3. The first-order chi connectivity index (χ1) is 35.1. The van der Waals surface area contributed by atoms with Crippen molar-refractivity contribution in [1.82, 2.24) is 42.4 Å². The molecule has 0 bridgehead atoms. The number of aromatic hydroxyl groups is 1. The van der Waals surface area contributed by atoms with Crippen LogP contribution >= 0.6 is 21.6 Å². The number of phenolic OH excluding ortho intramolecular Hbond substituents is 1. The summed E-state index contributed by atoms with van der Waals surface area (Å²) in [4.78, 5) is 150. The van der Waals surface area contributed by atoms with Crippen LogP contribution in [0.4, 0.5) is 0 Å². The summed E-state index contributed by atoms with van der Waals surface area (Å²) in [6.45, 7) is 5.85. The number of carbonyl (C=O) groups is 11. The van der Waals surface area contributed by atoms with Gasteiger partial charge in [0, 0.05) is 37.3 Å². The zero-order chi connectivity index (χ0) is 54.9. The molecule has 2 aromatic carbocycles. The molecule has 0 spiro atoms. The number of ketones is 4. The number of aryl methyl sites for hydroxylation is 1. The number of phenols is 1. The van der Waals surface area contributed by atoms with Crippen LogP contribution in [0, 0.1) is 11.8 Å². The molecule has 2 aromatic rings. The van der Waals surface area contributed by atoms with E-state index >= 15 is 0 Å². The maximum atomic E-state index is 14.8. The summed E-state index contributed by atoms with van der Waals surface area (Å²) < 4.78 is 0. The van der Waals surface area contributed by atoms with Gasteiger partial charge in [0.15, 0.2) is 0 Å². The van der Waals surface area contributed by atoms with Crippen LogP contribution in [0.5, 0.6) is 5.75 Å². The molecule has 3 rings (SSSR count). The van der Waals surface area contributed by atoms with Crippen molar-refractivity contribution in [3.8, 4) is 5.75 Å². The molecule has 1 fully saturated rings. The maximum absolute atomic E-state index is 14.8. The predicted octanol–water partition coefficient (Wildman–Crippen LogP) is -1.08. The number of Topliss-reactive ketones (excluding diaryl/α,β-unsaturated/α-hetero) is 4. The number of rotatable bonds is 23. The number of amides is 7. The molecule has 0 aromatic heterocycles. The summed E-state index contributed by atoms with van der Waals surface area (Å²) in [5, 5.41) is 20.2. The fourth-order valence-corrected chi connectivity index (χ4v) is 9.80. The normalized spacial score (nSPS) is 20.5. The van der Waals surface area contributed by atoms with Crippen molar-refractivity contribution in [2.24, 2.45) is 29.1 Å². The quantitative estimate of drug-likeness (QED) is 0.0273. The van der Waals surface area contributed by atoms with E-state index in [4.69, 9.17) is 17.3 Å². The molecule has 1 heterocycles. The van der Waals surface area contributed by atoms with E-state index in [1.54, 1.807) is 27.7 Å². The molecule has 0 aliphatic carbocycles. The van der Waals surface area contributed by atoms with E-state index < -0.39 is 126 Å². The molecule has 1 aliphatic heterocycles. The minimum atomic E-state index is -1.73. The van der Waals surface area contributed by atoms with Gasteiger partial charge >= 0.3 is 0 Å². The second-order valence-electron chi connectivity index (χ2n) is 18.3. The van der Waals surface area contributed by atoms with Gasteiger partial charge in [-0.25, -0.2) is 10.9 Å². The zero-order valence-corrected chi connectivity index (χ0v) is 43.8. The van der Waals surface area contributed by atoms with Gasteiger partial charge in [-0.1, -0.05) is 98.2 Å². The van der Waals surface area contributed by atoms with Gasteiger partial charge in [-0.15, -0.1) is 0 Å². The molecule has 23 nitrogen and oxygen atoms in total. The number of hydrogen-bond acceptors (Lipinski definition) is 18. The second-order valence-corrected chi connectivity index (χ2v) is 21.0. The Morgan fingerprint density at radius 3 is 2.11 bits per heavy atom. The fraction of sp³-hybridized carbons (Fsp3) is 0.531. The van der Waals surface area contributed by atoms with E-state index in [0.29, 0.717) is 24.8 Å². The zero-order valence-electron chi connectivity index (χ0n) is 42.1. The first kappa shape index (κ1) is 62.0. The highest BCUT2D eigenvalue weighted by atomic mass is 33.1. The molecule has 74 heavy (non-hydrogen) atoms. The van der Waals surface area contributed by atoms with Crippen LogP contribution in [-0.2, 0) is 65.6 Å². The summed E-state index contributed by atoms with van der Waals surface area (Å²) in [5.74, 6) is -5.32. The van der Waals surface area contributed by atoms with Crippen molar-refractivity contribution in [2.45, 2.75) is 122 Å². The topological polar surface area (TPSA) is 374 Å². The molecule has 406 valence electrons. The first-order valence-electron chi connectivity index (χ1n) is 24.3. The third-order valence-electron chi connectivity index (χ3n) is 11.8. The van der Waals surface area contributed by atoms with Gasteiger partial charge < -0.3 is 42.7 Å². The van der Waals surface area contributed by atoms with Crippen LogP contribution in [0.25, 0.3) is 0 Å². The Labute approximate surface area is 438 Å². The van der Waals surface area contributed by atoms with E-state index in [9.17, 15) is 57.8 Å². The summed E-state index contributed by atoms with van der Waals surface area (Å²) in [5.41, 5.74) is 20.1. The van der Waals surface area contributed by atoms with Gasteiger partial charge in [-0.2, -0.15) is 0 Å². The van der Waals surface area contributed by atoms with E-state index in [1.807, 2.05) is 30.3 Å². The Morgan fingerprint density at radius 2 is 1.49 bits per heavy atom. The van der Waals surface area contributed by atoms with Crippen LogP contribution in [-0.4, -0.2) is 142 Å². The lowest BCUT2D eigenvalue weighted by atomic mass is 9.90. The van der Waals surface area contributed by atoms with Gasteiger partial charge in [-0.3, -0.25) is 64.0 Å². The molecule has 1 saturated heterocycles. The maximum Gasteiger partial charge on any atom is 0.246 e. The van der Waals surface area contributed by atoms with Crippen LogP contribution in [0.2, 0.25) is 0 Å². The van der Waals surface area contributed by atoms with Crippen molar-refractivity contribution in [2.75, 3.05) is 31.1 Å². The molecule has 0 radical (unpaired) electrons. The number of primary amides is 2. The standard InChI is InChI=1S/C49H71N11O12S2/c1-5-29(4)43-46(69)45(68)35(23-31-13-15-32(61)16-14-31)54-41(65)19-21-73-74-27-37(57-48(71)36(24-40(51)64)56-47(70)33(58-59-43)17-18-39(50)63)49(72)60(20-9-12-30-10-7-6-8-11-30)26-42(66)55-34(22-28(2)3)44(67)38(62)25-53-52/h6-8,10-11,13-16,28-29,33-37,43,53,58-59,61H,5,9,12,17-27,52H2,1-4H3,(H2,50,63)(H2,51,64)(H,54,65)(H,55,66)(H,56,70)(H,57,71)/t29-,33-,34-,35-,36-,37-,43?/m0/s1. The van der Waals surface area contributed by atoms with Crippen LogP contribution in [0.3, 0.4) is 0 Å². The SMILES string of the molecule is CC[C@H](C)C1NN[C@@H](CCC(N)=O)C(=O)N[C@@H](CC(N)=O)C(=O)N[C@H](C(=O)N(CCCc2ccccc2)CC(=O)N[C@@H](CC(C)C)C(=O)C(=O)CNN)CSSCCC(=O)N[C@@H](Cc2ccc(O)cc2)C(=O)C1=O. The van der Waals surface area contributed by atoms with E-state index in [2.05, 4.69) is 37.5 Å². The Morgan fingerprint density at radius 1 is 0.811 bits per heavy atom. The van der Waals surface area contributed by atoms with E-state index in [-0.39, 0.29) is 61.8 Å². The average Bonchev–Trinajstić information content (AvgIpc) is 3.35. The molecule has 7 amide bonds. The molecule has 7 atom stereocenters. The molecule has 1 unspecified atom stereocenters. The van der Waals surface area contributed by atoms with Crippen molar-refractivity contribution < 1.29 is 57.8 Å². The molecule has 0 saturated carbocycles. The Balaban J connectivity index is 2.09. The summed E-state index contributed by atoms with van der Waals surface area (Å²) in [6, 6.07) is 6.54. The lowest BCUT2D eigenvalue weighted by Crippen LogP contribution is -2.62. The molecule has 14 N–H and O–H groups in total. The van der Waals surface area contributed by atoms with Gasteiger partial charge in [0.2, 0.25) is 64.5 Å². The molecular weight excluding hydrogens is 999 g/mol. The smallest absolute Gasteiger partial charge is 0.246 e. The number of nitrogens with one attached hydrogen (secondary N) is 7. The Hall–Kier alpha value is -6.25. The number of benzene rings is 2. The number of hydrazine groups is 2. The highest BCUT2D eigenvalue weighted by molar-refractivity contribution is 8.76. The Bertz CT molecular complexity index is 2280. The van der Waals surface area contributed by atoms with E-state index in [1.165, 1.54) is 29.2 Å². The molecular formula is C49H71N11O12S2. The summed E-state index contributed by atoms with van der Waals surface area (Å²) in [6.07, 6.45) is -0.558. The summed E-state index contributed by atoms with van der Waals surface area (Å²) >= 11 is 0. The number of nitrogens with zero attached hydrogens (tertiary/aromatic N) is 1. The number of carbonyl (C=O) groups excluding carboxylic acids is 11. The lowest BCUT2D eigenvalue weighted by Gasteiger charge is -2.30. The third kappa shape index (κ3) is 21.7. The number of hydrogen-bond donors (Lipinski definition) is 11. The molecule has 25 heteroatoms. The van der Waals surface area contributed by atoms with Crippen molar-refractivity contribution in [1.29, 1.82) is 0 Å². The van der Waals surface area contributed by atoms with Gasteiger partial charge in [0.1, 0.15) is 23.9 Å². The Kier molecular flexibility index (Phi) is 27.0. The highest BCUT2D eigenvalue weighted by Crippen LogP contribution is 2.24. The molecule has 1 aliphatic rings. The van der Waals surface area contributed by atoms with Crippen LogP contribution in [0.1, 0.15) is 83.8 Å².